The van der Waals surface area contributed by atoms with Crippen LogP contribution in [0, 0.1) is 18.3 Å². The van der Waals surface area contributed by atoms with Crippen LogP contribution >= 0.6 is 0 Å². The van der Waals surface area contributed by atoms with Crippen molar-refractivity contribution in [2.24, 2.45) is 0 Å². The molecule has 3 nitrogen and oxygen atoms in total. The van der Waals surface area contributed by atoms with Crippen LogP contribution in [-0.2, 0) is 6.54 Å². The van der Waals surface area contributed by atoms with Crippen molar-refractivity contribution in [1.29, 1.82) is 5.26 Å². The van der Waals surface area contributed by atoms with E-state index in [0.717, 1.165) is 34.6 Å². The minimum atomic E-state index is 0.694. The van der Waals surface area contributed by atoms with E-state index >= 15 is 0 Å². The van der Waals surface area contributed by atoms with Gasteiger partial charge in [0.15, 0.2) is 0 Å². The van der Waals surface area contributed by atoms with Crippen molar-refractivity contribution < 1.29 is 0 Å². The zero-order chi connectivity index (χ0) is 14.6. The number of aromatic nitrogens is 1. The number of hydrogen-bond donors (Lipinski definition) is 0. The van der Waals surface area contributed by atoms with E-state index in [1.54, 1.807) is 0 Å². The van der Waals surface area contributed by atoms with Crippen LogP contribution < -0.4 is 0 Å². The van der Waals surface area contributed by atoms with Crippen LogP contribution in [-0.4, -0.2) is 16.4 Å². The van der Waals surface area contributed by atoms with Gasteiger partial charge in [-0.15, -0.1) is 0 Å². The fraction of sp³-hybridized carbons (Fsp3) is 0.222. The molecule has 0 amide bonds. The van der Waals surface area contributed by atoms with Gasteiger partial charge in [0, 0.05) is 11.9 Å². The minimum Gasteiger partial charge on any atom is -0.360 e. The zero-order valence-corrected chi connectivity index (χ0v) is 12.1. The lowest BCUT2D eigenvalue weighted by Gasteiger charge is -2.24. The van der Waals surface area contributed by atoms with Crippen molar-refractivity contribution in [1.82, 2.24) is 9.88 Å². The number of rotatable bonds is 0. The van der Waals surface area contributed by atoms with E-state index in [1.807, 2.05) is 6.92 Å². The third kappa shape index (κ3) is 1.76. The summed E-state index contributed by atoms with van der Waals surface area (Å²) in [6, 6.07) is 10.9. The van der Waals surface area contributed by atoms with Gasteiger partial charge in [0.1, 0.15) is 0 Å². The molecule has 2 aliphatic rings. The van der Waals surface area contributed by atoms with E-state index in [9.17, 15) is 5.26 Å². The van der Waals surface area contributed by atoms with E-state index in [-0.39, 0.29) is 0 Å². The summed E-state index contributed by atoms with van der Waals surface area (Å²) >= 11 is 0. The highest BCUT2D eigenvalue weighted by Gasteiger charge is 2.29. The molecule has 21 heavy (non-hydrogen) atoms. The van der Waals surface area contributed by atoms with Crippen molar-refractivity contribution in [3.8, 4) is 6.07 Å². The van der Waals surface area contributed by atoms with Crippen LogP contribution in [0.5, 0.6) is 0 Å². The first kappa shape index (κ1) is 12.2. The third-order valence-corrected chi connectivity index (χ3v) is 4.31. The normalized spacial score (nSPS) is 16.6. The third-order valence-electron chi connectivity index (χ3n) is 4.31. The second kappa shape index (κ2) is 4.20. The van der Waals surface area contributed by atoms with Gasteiger partial charge >= 0.3 is 0 Å². The van der Waals surface area contributed by atoms with Crippen LogP contribution in [0.15, 0.2) is 41.5 Å². The topological polar surface area (TPSA) is 39.9 Å². The summed E-state index contributed by atoms with van der Waals surface area (Å²) in [5.41, 5.74) is 7.69. The number of nitrogens with zero attached hydrogens (tertiary/aromatic N) is 3. The quantitative estimate of drug-likeness (QED) is 0.737. The number of allylic oxidation sites excluding steroid dienone is 2. The van der Waals surface area contributed by atoms with Crippen LogP contribution in [0.25, 0.3) is 16.6 Å². The molecule has 102 valence electrons. The van der Waals surface area contributed by atoms with Crippen LogP contribution in [0.3, 0.4) is 0 Å². The Hall–Kier alpha value is -2.60. The molecular formula is C18H15N3. The molecule has 0 saturated carbocycles. The second-order valence-corrected chi connectivity index (χ2v) is 5.85. The lowest BCUT2D eigenvalue weighted by molar-refractivity contribution is 0.442. The Bertz CT molecular complexity index is 881. The van der Waals surface area contributed by atoms with Gasteiger partial charge in [-0.25, -0.2) is 4.98 Å². The summed E-state index contributed by atoms with van der Waals surface area (Å²) in [6.45, 7) is 5.65. The van der Waals surface area contributed by atoms with E-state index < -0.39 is 0 Å². The largest absolute Gasteiger partial charge is 0.360 e. The first-order valence-corrected chi connectivity index (χ1v) is 7.13. The maximum absolute atomic E-state index is 9.20. The summed E-state index contributed by atoms with van der Waals surface area (Å²) < 4.78 is 0. The summed E-state index contributed by atoms with van der Waals surface area (Å²) in [4.78, 5) is 7.10. The Labute approximate surface area is 123 Å². The average Bonchev–Trinajstić information content (AvgIpc) is 2.80. The van der Waals surface area contributed by atoms with Gasteiger partial charge in [-0.3, -0.25) is 0 Å². The Morgan fingerprint density at radius 1 is 1.19 bits per heavy atom. The molecule has 0 radical (unpaired) electrons. The highest BCUT2D eigenvalue weighted by Crippen LogP contribution is 2.37. The summed E-state index contributed by atoms with van der Waals surface area (Å²) in [6.07, 6.45) is 2.10. The monoisotopic (exact) mass is 273 g/mol. The van der Waals surface area contributed by atoms with Gasteiger partial charge in [-0.05, 0) is 49.3 Å². The van der Waals surface area contributed by atoms with Crippen LogP contribution in [0.4, 0.5) is 0 Å². The molecule has 3 heteroatoms. The lowest BCUT2D eigenvalue weighted by Crippen LogP contribution is -2.22. The Morgan fingerprint density at radius 3 is 2.86 bits per heavy atom. The molecule has 0 atom stereocenters. The molecule has 0 unspecified atom stereocenters. The molecule has 4 rings (SSSR count). The van der Waals surface area contributed by atoms with Crippen molar-refractivity contribution in [2.75, 3.05) is 6.54 Å². The average molecular weight is 273 g/mol. The van der Waals surface area contributed by atoms with Crippen molar-refractivity contribution in [3.63, 3.8) is 0 Å². The van der Waals surface area contributed by atoms with E-state index in [4.69, 9.17) is 4.98 Å². The molecule has 0 bridgehead atoms. The highest BCUT2D eigenvalue weighted by atomic mass is 15.2. The van der Waals surface area contributed by atoms with Gasteiger partial charge in [-0.2, -0.15) is 5.26 Å². The Balaban J connectivity index is 1.91. The Morgan fingerprint density at radius 2 is 2.05 bits per heavy atom. The standard InChI is InChI=1S/C18H15N3/c1-11-3-4-16-13(5-11)7-14-9-21-10-15(8-19)12(2)6-17(21)18(14)20-16/h3-7H,9-10H2,1-2H3. The molecule has 0 saturated heterocycles. The predicted molar refractivity (Wildman–Crippen MR) is 83.2 cm³/mol. The Kier molecular flexibility index (Phi) is 2.43. The van der Waals surface area contributed by atoms with Gasteiger partial charge in [-0.1, -0.05) is 11.6 Å². The molecule has 1 aromatic carbocycles. The lowest BCUT2D eigenvalue weighted by atomic mass is 10.0. The van der Waals surface area contributed by atoms with Gasteiger partial charge in [0.2, 0.25) is 0 Å². The smallest absolute Gasteiger partial charge is 0.0968 e. The first-order valence-electron chi connectivity index (χ1n) is 7.13. The highest BCUT2D eigenvalue weighted by molar-refractivity contribution is 5.85. The SMILES string of the molecule is CC1=C(C#N)CN2Cc3cc4cc(C)ccc4nc3C2=C1. The zero-order valence-electron chi connectivity index (χ0n) is 12.1. The fourth-order valence-electron chi connectivity index (χ4n) is 3.15. The van der Waals surface area contributed by atoms with Crippen molar-refractivity contribution in [3.05, 3.63) is 58.3 Å². The number of nitriles is 1. The molecule has 0 fully saturated rings. The van der Waals surface area contributed by atoms with E-state index in [2.05, 4.69) is 48.2 Å². The molecule has 0 aliphatic carbocycles. The minimum absolute atomic E-state index is 0.694. The first-order chi connectivity index (χ1) is 10.2. The maximum atomic E-state index is 9.20. The van der Waals surface area contributed by atoms with E-state index in [0.29, 0.717) is 6.54 Å². The number of fused-ring (bicyclic) bond motifs is 4. The molecule has 2 aliphatic heterocycles. The molecule has 0 N–H and O–H groups in total. The van der Waals surface area contributed by atoms with Gasteiger partial charge in [0.05, 0.1) is 35.1 Å². The number of pyridine rings is 1. The number of benzene rings is 1. The van der Waals surface area contributed by atoms with Crippen molar-refractivity contribution >= 4 is 16.6 Å². The molecule has 2 aromatic rings. The molecule has 3 heterocycles. The van der Waals surface area contributed by atoms with Crippen LogP contribution in [0.2, 0.25) is 0 Å². The number of hydrogen-bond acceptors (Lipinski definition) is 3. The summed E-state index contributed by atoms with van der Waals surface area (Å²) in [7, 11) is 0. The fourth-order valence-corrected chi connectivity index (χ4v) is 3.15. The van der Waals surface area contributed by atoms with Crippen molar-refractivity contribution in [2.45, 2.75) is 20.4 Å². The summed E-state index contributed by atoms with van der Waals surface area (Å²) in [5.74, 6) is 0. The predicted octanol–water partition coefficient (Wildman–Crippen LogP) is 3.55. The van der Waals surface area contributed by atoms with Crippen LogP contribution in [0.1, 0.15) is 23.7 Å². The molecule has 0 spiro atoms. The summed E-state index contributed by atoms with van der Waals surface area (Å²) in [5, 5.41) is 10.4. The molecular weight excluding hydrogens is 258 g/mol. The van der Waals surface area contributed by atoms with Gasteiger partial charge < -0.3 is 4.90 Å². The second-order valence-electron chi connectivity index (χ2n) is 5.85. The van der Waals surface area contributed by atoms with Gasteiger partial charge in [0.25, 0.3) is 0 Å². The maximum Gasteiger partial charge on any atom is 0.0968 e. The number of aryl methyl sites for hydroxylation is 1. The van der Waals surface area contributed by atoms with E-state index in [1.165, 1.54) is 16.5 Å². The molecule has 1 aromatic heterocycles.